The standard InChI is InChI=1S/C24H20N10/c1-24(2,18-9-5-6-11-28-18)32-23-31-21-19(17-10-12-27-14-29-17)20(30-22(26)34(21)33-23)16-8-4-3-7-15(16)13-25/h3-12,14H,1-2H3,(H2,26,30)(H,32,33). The molecule has 0 radical (unpaired) electrons. The summed E-state index contributed by atoms with van der Waals surface area (Å²) in [6.45, 7) is 3.98. The van der Waals surface area contributed by atoms with Crippen molar-refractivity contribution in [1.82, 2.24) is 34.5 Å². The Kier molecular flexibility index (Phi) is 5.07. The lowest BCUT2D eigenvalue weighted by Crippen LogP contribution is -2.29. The summed E-state index contributed by atoms with van der Waals surface area (Å²) in [4.78, 5) is 22.2. The zero-order chi connectivity index (χ0) is 23.7. The smallest absolute Gasteiger partial charge is 0.243 e. The maximum Gasteiger partial charge on any atom is 0.243 e. The van der Waals surface area contributed by atoms with Gasteiger partial charge in [-0.1, -0.05) is 24.3 Å². The van der Waals surface area contributed by atoms with Gasteiger partial charge in [-0.25, -0.2) is 15.0 Å². The molecule has 4 heterocycles. The van der Waals surface area contributed by atoms with Crippen LogP contribution in [0.4, 0.5) is 11.9 Å². The number of nitrogens with zero attached hydrogens (tertiary/aromatic N) is 8. The first-order chi connectivity index (χ1) is 16.5. The molecular formula is C24H20N10. The van der Waals surface area contributed by atoms with Crippen LogP contribution in [0, 0.1) is 11.3 Å². The molecule has 10 nitrogen and oxygen atoms in total. The highest BCUT2D eigenvalue weighted by Gasteiger charge is 2.26. The van der Waals surface area contributed by atoms with Crippen molar-refractivity contribution in [2.24, 2.45) is 0 Å². The average molecular weight is 448 g/mol. The van der Waals surface area contributed by atoms with E-state index in [4.69, 9.17) is 10.7 Å². The van der Waals surface area contributed by atoms with E-state index >= 15 is 0 Å². The Labute approximate surface area is 195 Å². The molecular weight excluding hydrogens is 428 g/mol. The van der Waals surface area contributed by atoms with E-state index in [1.165, 1.54) is 10.8 Å². The van der Waals surface area contributed by atoms with Crippen LogP contribution >= 0.6 is 0 Å². The zero-order valence-electron chi connectivity index (χ0n) is 18.5. The van der Waals surface area contributed by atoms with Gasteiger partial charge in [0.1, 0.15) is 6.33 Å². The average Bonchev–Trinajstić information content (AvgIpc) is 3.28. The second kappa shape index (κ2) is 8.22. The number of nitrogen functional groups attached to an aromatic ring is 1. The Hall–Kier alpha value is -4.91. The summed E-state index contributed by atoms with van der Waals surface area (Å²) in [7, 11) is 0. The summed E-state index contributed by atoms with van der Waals surface area (Å²) in [5, 5.41) is 17.6. The summed E-state index contributed by atoms with van der Waals surface area (Å²) in [5.74, 6) is 0.483. The summed E-state index contributed by atoms with van der Waals surface area (Å²) in [6, 6.07) is 16.9. The van der Waals surface area contributed by atoms with Crippen LogP contribution in [0.2, 0.25) is 0 Å². The minimum absolute atomic E-state index is 0.131. The van der Waals surface area contributed by atoms with Gasteiger partial charge in [-0.05, 0) is 38.1 Å². The zero-order valence-corrected chi connectivity index (χ0v) is 18.5. The van der Waals surface area contributed by atoms with Gasteiger partial charge in [-0.3, -0.25) is 4.98 Å². The van der Waals surface area contributed by atoms with Crippen LogP contribution in [0.3, 0.4) is 0 Å². The first-order valence-electron chi connectivity index (χ1n) is 10.5. The van der Waals surface area contributed by atoms with Gasteiger partial charge in [-0.2, -0.15) is 14.8 Å². The first-order valence-corrected chi connectivity index (χ1v) is 10.5. The number of anilines is 2. The Balaban J connectivity index is 1.73. The molecule has 0 aliphatic heterocycles. The minimum Gasteiger partial charge on any atom is -0.368 e. The third kappa shape index (κ3) is 3.65. The van der Waals surface area contributed by atoms with Crippen molar-refractivity contribution in [2.45, 2.75) is 19.4 Å². The predicted octanol–water partition coefficient (Wildman–Crippen LogP) is 3.44. The fourth-order valence-corrected chi connectivity index (χ4v) is 3.74. The van der Waals surface area contributed by atoms with E-state index in [-0.39, 0.29) is 5.95 Å². The third-order valence-corrected chi connectivity index (χ3v) is 5.38. The Bertz CT molecular complexity index is 1520. The number of nitrogens with two attached hydrogens (primary N) is 1. The molecule has 0 aliphatic rings. The largest absolute Gasteiger partial charge is 0.368 e. The molecule has 34 heavy (non-hydrogen) atoms. The van der Waals surface area contributed by atoms with Gasteiger partial charge in [0.15, 0.2) is 5.65 Å². The molecule has 0 bridgehead atoms. The van der Waals surface area contributed by atoms with E-state index in [1.54, 1.807) is 30.6 Å². The highest BCUT2D eigenvalue weighted by Crippen LogP contribution is 2.35. The fraction of sp³-hybridized carbons (Fsp3) is 0.125. The topological polar surface area (TPSA) is 144 Å². The molecule has 1 aromatic carbocycles. The van der Waals surface area contributed by atoms with Gasteiger partial charge in [0.2, 0.25) is 11.9 Å². The number of aromatic nitrogens is 7. The predicted molar refractivity (Wildman–Crippen MR) is 127 cm³/mol. The van der Waals surface area contributed by atoms with Crippen LogP contribution in [0.25, 0.3) is 28.2 Å². The summed E-state index contributed by atoms with van der Waals surface area (Å²) in [6.07, 6.45) is 4.82. The van der Waals surface area contributed by atoms with Gasteiger partial charge < -0.3 is 11.1 Å². The Morgan fingerprint density at radius 3 is 2.56 bits per heavy atom. The molecule has 0 aliphatic carbocycles. The molecule has 5 rings (SSSR count). The van der Waals surface area contributed by atoms with E-state index < -0.39 is 5.54 Å². The van der Waals surface area contributed by atoms with E-state index in [9.17, 15) is 5.26 Å². The van der Waals surface area contributed by atoms with Gasteiger partial charge in [0, 0.05) is 18.0 Å². The molecule has 0 unspecified atom stereocenters. The monoisotopic (exact) mass is 448 g/mol. The van der Waals surface area contributed by atoms with Crippen molar-refractivity contribution in [2.75, 3.05) is 11.1 Å². The maximum atomic E-state index is 9.68. The van der Waals surface area contributed by atoms with Crippen LogP contribution in [0.5, 0.6) is 0 Å². The second-order valence-electron chi connectivity index (χ2n) is 8.08. The number of hydrogen-bond donors (Lipinski definition) is 2. The number of nitriles is 1. The highest BCUT2D eigenvalue weighted by molar-refractivity contribution is 5.91. The summed E-state index contributed by atoms with van der Waals surface area (Å²) < 4.78 is 1.47. The van der Waals surface area contributed by atoms with E-state index in [0.29, 0.717) is 39.7 Å². The molecule has 3 N–H and O–H groups in total. The van der Waals surface area contributed by atoms with E-state index in [2.05, 4.69) is 36.4 Å². The molecule has 0 saturated heterocycles. The van der Waals surface area contributed by atoms with Gasteiger partial charge in [0.05, 0.1) is 39.8 Å². The lowest BCUT2D eigenvalue weighted by atomic mass is 9.99. The summed E-state index contributed by atoms with van der Waals surface area (Å²) in [5.41, 5.74) is 9.79. The lowest BCUT2D eigenvalue weighted by Gasteiger charge is -2.24. The number of nitrogens with one attached hydrogen (secondary N) is 1. The SMILES string of the molecule is CC(C)(Nc1nc2c(-c3ccncn3)c(-c3ccccc3C#N)nc(N)n2n1)c1ccccn1. The number of benzene rings is 1. The van der Waals surface area contributed by atoms with E-state index in [1.807, 2.05) is 44.2 Å². The molecule has 5 aromatic rings. The Morgan fingerprint density at radius 2 is 1.82 bits per heavy atom. The lowest BCUT2D eigenvalue weighted by molar-refractivity contribution is 0.580. The quantitative estimate of drug-likeness (QED) is 0.413. The third-order valence-electron chi connectivity index (χ3n) is 5.38. The minimum atomic E-state index is -0.556. The summed E-state index contributed by atoms with van der Waals surface area (Å²) >= 11 is 0. The molecule has 0 amide bonds. The van der Waals surface area contributed by atoms with Crippen molar-refractivity contribution < 1.29 is 0 Å². The number of rotatable bonds is 5. The second-order valence-corrected chi connectivity index (χ2v) is 8.08. The fourth-order valence-electron chi connectivity index (χ4n) is 3.74. The molecule has 0 atom stereocenters. The molecule has 0 spiro atoms. The van der Waals surface area contributed by atoms with Crippen LogP contribution in [0.1, 0.15) is 25.1 Å². The van der Waals surface area contributed by atoms with Crippen molar-refractivity contribution in [3.05, 3.63) is 78.5 Å². The number of hydrogen-bond acceptors (Lipinski definition) is 9. The van der Waals surface area contributed by atoms with Crippen molar-refractivity contribution in [1.29, 1.82) is 5.26 Å². The van der Waals surface area contributed by atoms with Crippen molar-refractivity contribution >= 4 is 17.5 Å². The molecule has 166 valence electrons. The van der Waals surface area contributed by atoms with Crippen LogP contribution in [0.15, 0.2) is 67.3 Å². The molecule has 0 fully saturated rings. The highest BCUT2D eigenvalue weighted by atomic mass is 15.4. The number of pyridine rings is 1. The van der Waals surface area contributed by atoms with Crippen molar-refractivity contribution in [3.8, 4) is 28.6 Å². The van der Waals surface area contributed by atoms with E-state index in [0.717, 1.165) is 5.69 Å². The van der Waals surface area contributed by atoms with Gasteiger partial charge in [-0.15, -0.1) is 5.10 Å². The van der Waals surface area contributed by atoms with Gasteiger partial charge >= 0.3 is 0 Å². The first kappa shape index (κ1) is 21.0. The number of fused-ring (bicyclic) bond motifs is 1. The maximum absolute atomic E-state index is 9.68. The Morgan fingerprint density at radius 1 is 1.00 bits per heavy atom. The normalized spacial score (nSPS) is 11.3. The van der Waals surface area contributed by atoms with Gasteiger partial charge in [0.25, 0.3) is 0 Å². The van der Waals surface area contributed by atoms with Crippen LogP contribution in [-0.2, 0) is 5.54 Å². The van der Waals surface area contributed by atoms with Crippen LogP contribution < -0.4 is 11.1 Å². The van der Waals surface area contributed by atoms with Crippen molar-refractivity contribution in [3.63, 3.8) is 0 Å². The van der Waals surface area contributed by atoms with Crippen LogP contribution in [-0.4, -0.2) is 34.5 Å². The molecule has 4 aromatic heterocycles. The molecule has 0 saturated carbocycles. The molecule has 10 heteroatoms.